The third-order valence-corrected chi connectivity index (χ3v) is 7.23. The summed E-state index contributed by atoms with van der Waals surface area (Å²) < 4.78 is 40.6. The Bertz CT molecular complexity index is 484. The fourth-order valence-electron chi connectivity index (χ4n) is 2.82. The zero-order chi connectivity index (χ0) is 16.7. The molecule has 2 heterocycles. The standard InChI is InChI=1S/C11H20O9S2/c1-5-9(14)11(20-22(16,17)18)7(19-5)4-21-3-6(13)10(15)8(21)2-12/h5-15H,2-4H2,1H3/p+1/t5?,6-,7-,8-,9+,10+,11+,21?/m1/s1. The molecular weight excluding hydrogens is 340 g/mol. The normalized spacial score (nSPS) is 46.3. The summed E-state index contributed by atoms with van der Waals surface area (Å²) in [5, 5.41) is 38.2. The van der Waals surface area contributed by atoms with Gasteiger partial charge in [0.25, 0.3) is 0 Å². The largest absolute Gasteiger partial charge is 0.397 e. The Balaban J connectivity index is 2.10. The van der Waals surface area contributed by atoms with E-state index in [0.717, 1.165) is 0 Å². The predicted octanol–water partition coefficient (Wildman–Crippen LogP) is -2.96. The van der Waals surface area contributed by atoms with Gasteiger partial charge in [-0.2, -0.15) is 8.42 Å². The second-order valence-corrected chi connectivity index (χ2v) is 8.90. The van der Waals surface area contributed by atoms with Crippen LogP contribution in [0, 0.1) is 0 Å². The zero-order valence-electron chi connectivity index (χ0n) is 11.8. The van der Waals surface area contributed by atoms with Crippen molar-refractivity contribution in [3.05, 3.63) is 0 Å². The van der Waals surface area contributed by atoms with Crippen LogP contribution in [0.4, 0.5) is 0 Å². The van der Waals surface area contributed by atoms with Crippen LogP contribution < -0.4 is 0 Å². The molecule has 5 N–H and O–H groups in total. The Morgan fingerprint density at radius 3 is 2.45 bits per heavy atom. The maximum atomic E-state index is 10.9. The highest BCUT2D eigenvalue weighted by Gasteiger charge is 2.54. The molecule has 2 unspecified atom stereocenters. The molecule has 2 aliphatic heterocycles. The van der Waals surface area contributed by atoms with Gasteiger partial charge in [-0.15, -0.1) is 0 Å². The fraction of sp³-hybridized carbons (Fsp3) is 1.00. The summed E-state index contributed by atoms with van der Waals surface area (Å²) in [4.78, 5) is 0. The molecule has 0 aromatic rings. The van der Waals surface area contributed by atoms with E-state index in [0.29, 0.717) is 0 Å². The molecule has 2 aliphatic rings. The van der Waals surface area contributed by atoms with Crippen molar-refractivity contribution >= 4 is 21.3 Å². The van der Waals surface area contributed by atoms with Crippen LogP contribution in [-0.4, -0.2) is 93.4 Å². The van der Waals surface area contributed by atoms with Crippen molar-refractivity contribution in [2.45, 2.75) is 48.8 Å². The van der Waals surface area contributed by atoms with Gasteiger partial charge in [-0.1, -0.05) is 0 Å². The number of hydrogen-bond donors (Lipinski definition) is 5. The molecule has 2 saturated heterocycles. The number of rotatable bonds is 5. The molecule has 9 nitrogen and oxygen atoms in total. The van der Waals surface area contributed by atoms with Gasteiger partial charge in [0.2, 0.25) is 0 Å². The Morgan fingerprint density at radius 2 is 1.91 bits per heavy atom. The summed E-state index contributed by atoms with van der Waals surface area (Å²) in [5.41, 5.74) is 0. The average molecular weight is 361 g/mol. The maximum absolute atomic E-state index is 10.9. The molecule has 0 aliphatic carbocycles. The molecule has 0 bridgehead atoms. The van der Waals surface area contributed by atoms with E-state index in [1.54, 1.807) is 0 Å². The quantitative estimate of drug-likeness (QED) is 0.255. The van der Waals surface area contributed by atoms with Crippen LogP contribution in [0.25, 0.3) is 0 Å². The van der Waals surface area contributed by atoms with Crippen LogP contribution in [0.5, 0.6) is 0 Å². The third-order valence-electron chi connectivity index (χ3n) is 3.95. The highest BCUT2D eigenvalue weighted by molar-refractivity contribution is 7.97. The zero-order valence-corrected chi connectivity index (χ0v) is 13.5. The number of hydrogen-bond acceptors (Lipinski definition) is 8. The first-order valence-corrected chi connectivity index (χ1v) is 9.75. The molecule has 8 atom stereocenters. The highest BCUT2D eigenvalue weighted by Crippen LogP contribution is 2.31. The van der Waals surface area contributed by atoms with Gasteiger partial charge in [0.1, 0.15) is 42.0 Å². The number of aliphatic hydroxyl groups excluding tert-OH is 4. The monoisotopic (exact) mass is 361 g/mol. The van der Waals surface area contributed by atoms with Gasteiger partial charge in [0, 0.05) is 10.9 Å². The molecule has 0 aromatic carbocycles. The summed E-state index contributed by atoms with van der Waals surface area (Å²) in [6.07, 6.45) is -6.05. The van der Waals surface area contributed by atoms with Gasteiger partial charge < -0.3 is 25.2 Å². The fourth-order valence-corrected chi connectivity index (χ4v) is 6.08. The Labute approximate surface area is 131 Å². The van der Waals surface area contributed by atoms with Crippen molar-refractivity contribution in [3.8, 4) is 0 Å². The van der Waals surface area contributed by atoms with Crippen molar-refractivity contribution < 1.29 is 42.3 Å². The molecule has 2 fully saturated rings. The van der Waals surface area contributed by atoms with Crippen molar-refractivity contribution in [1.82, 2.24) is 0 Å². The first-order valence-electron chi connectivity index (χ1n) is 6.76. The van der Waals surface area contributed by atoms with Gasteiger partial charge in [0.15, 0.2) is 5.25 Å². The second kappa shape index (κ2) is 6.87. The highest BCUT2D eigenvalue weighted by atomic mass is 32.3. The van der Waals surface area contributed by atoms with Crippen molar-refractivity contribution in [2.24, 2.45) is 0 Å². The van der Waals surface area contributed by atoms with E-state index >= 15 is 0 Å². The molecule has 2 rings (SSSR count). The minimum atomic E-state index is -4.76. The van der Waals surface area contributed by atoms with E-state index in [-0.39, 0.29) is 18.1 Å². The SMILES string of the molecule is CC1O[C@H](C[S+]2C[C@@H](O)[C@H](O)[C@H]2CO)[C@H](OS(=O)(=O)O)[C@H]1O. The Morgan fingerprint density at radius 1 is 1.27 bits per heavy atom. The average Bonchev–Trinajstić information content (AvgIpc) is 2.80. The van der Waals surface area contributed by atoms with Crippen LogP contribution in [0.1, 0.15) is 6.92 Å². The van der Waals surface area contributed by atoms with Crippen molar-refractivity contribution in [2.75, 3.05) is 18.1 Å². The molecule has 22 heavy (non-hydrogen) atoms. The number of aliphatic hydroxyl groups is 4. The Hall–Kier alpha value is 0.0200. The maximum Gasteiger partial charge on any atom is 0.397 e. The molecule has 11 heteroatoms. The smallest absolute Gasteiger partial charge is 0.391 e. The van der Waals surface area contributed by atoms with E-state index in [1.807, 2.05) is 0 Å². The molecule has 0 amide bonds. The van der Waals surface area contributed by atoms with Crippen LogP contribution in [0.2, 0.25) is 0 Å². The molecule has 0 radical (unpaired) electrons. The first kappa shape index (κ1) is 18.4. The summed E-state index contributed by atoms with van der Waals surface area (Å²) in [5.74, 6) is 0.441. The van der Waals surface area contributed by atoms with Crippen LogP contribution in [-0.2, 0) is 30.2 Å². The van der Waals surface area contributed by atoms with E-state index in [4.69, 9.17) is 9.29 Å². The second-order valence-electron chi connectivity index (χ2n) is 5.51. The van der Waals surface area contributed by atoms with E-state index in [1.165, 1.54) is 6.92 Å². The minimum absolute atomic E-state index is 0.195. The van der Waals surface area contributed by atoms with Crippen LogP contribution >= 0.6 is 0 Å². The van der Waals surface area contributed by atoms with E-state index in [9.17, 15) is 28.8 Å². The van der Waals surface area contributed by atoms with Gasteiger partial charge in [-0.05, 0) is 6.92 Å². The molecule has 130 valence electrons. The summed E-state index contributed by atoms with van der Waals surface area (Å²) in [7, 11) is -5.39. The van der Waals surface area contributed by atoms with Gasteiger partial charge in [0.05, 0.1) is 12.7 Å². The predicted molar refractivity (Wildman–Crippen MR) is 76.7 cm³/mol. The molecule has 0 saturated carbocycles. The lowest BCUT2D eigenvalue weighted by molar-refractivity contribution is 0.0295. The van der Waals surface area contributed by atoms with Gasteiger partial charge in [-0.25, -0.2) is 4.18 Å². The van der Waals surface area contributed by atoms with Crippen LogP contribution in [0.15, 0.2) is 0 Å². The molecule has 0 spiro atoms. The van der Waals surface area contributed by atoms with E-state index < -0.39 is 63.2 Å². The van der Waals surface area contributed by atoms with Gasteiger partial charge in [-0.3, -0.25) is 4.55 Å². The lowest BCUT2D eigenvalue weighted by atomic mass is 10.1. The van der Waals surface area contributed by atoms with E-state index in [2.05, 4.69) is 4.18 Å². The van der Waals surface area contributed by atoms with Crippen molar-refractivity contribution in [1.29, 1.82) is 0 Å². The number of ether oxygens (including phenoxy) is 1. The third kappa shape index (κ3) is 3.91. The van der Waals surface area contributed by atoms with Gasteiger partial charge >= 0.3 is 10.4 Å². The summed E-state index contributed by atoms with van der Waals surface area (Å²) in [6, 6.07) is 0. The van der Waals surface area contributed by atoms with Crippen LogP contribution in [0.3, 0.4) is 0 Å². The minimum Gasteiger partial charge on any atom is -0.391 e. The summed E-state index contributed by atoms with van der Waals surface area (Å²) >= 11 is 0. The lowest BCUT2D eigenvalue weighted by Gasteiger charge is -2.19. The topological polar surface area (TPSA) is 154 Å². The van der Waals surface area contributed by atoms with Crippen molar-refractivity contribution in [3.63, 3.8) is 0 Å². The summed E-state index contributed by atoms with van der Waals surface area (Å²) in [6.45, 7) is 1.21. The molecule has 0 aromatic heterocycles. The first-order chi connectivity index (χ1) is 10.1. The lowest BCUT2D eigenvalue weighted by Crippen LogP contribution is -2.42. The Kier molecular flexibility index (Phi) is 5.73. The molecular formula is C11H21O9S2+.